The Labute approximate surface area is 152 Å². The number of hydrogen-bond acceptors (Lipinski definition) is 6. The first kappa shape index (κ1) is 18.5. The van der Waals surface area contributed by atoms with E-state index in [0.717, 1.165) is 23.0 Å². The van der Waals surface area contributed by atoms with Crippen molar-refractivity contribution in [2.24, 2.45) is 0 Å². The van der Waals surface area contributed by atoms with Crippen LogP contribution in [0.5, 0.6) is 0 Å². The number of nitro benzene ring substituents is 1. The molecule has 0 radical (unpaired) electrons. The average molecular weight is 398 g/mol. The highest BCUT2D eigenvalue weighted by Gasteiger charge is 2.35. The minimum Gasteiger partial charge on any atom is -0.324 e. The molecule has 140 valence electrons. The molecule has 0 bridgehead atoms. The molecule has 0 aliphatic rings. The third kappa shape index (κ3) is 3.79. The number of nitro groups is 1. The Hall–Kier alpha value is -3.28. The average Bonchev–Trinajstić information content (AvgIpc) is 3.06. The maximum atomic E-state index is 13.1. The van der Waals surface area contributed by atoms with Crippen molar-refractivity contribution in [3.8, 4) is 0 Å². The lowest BCUT2D eigenvalue weighted by Gasteiger charge is -2.14. The number of nitrogens with zero attached hydrogens (tertiary/aromatic N) is 3. The van der Waals surface area contributed by atoms with Gasteiger partial charge in [-0.3, -0.25) is 24.3 Å². The molecule has 0 spiro atoms. The van der Waals surface area contributed by atoms with Gasteiger partial charge in [0.15, 0.2) is 0 Å². The summed E-state index contributed by atoms with van der Waals surface area (Å²) in [5.41, 5.74) is -3.26. The molecule has 0 aliphatic carbocycles. The molecule has 0 aliphatic heterocycles. The lowest BCUT2D eigenvalue weighted by Crippen LogP contribution is -2.28. The molecule has 0 fully saturated rings. The van der Waals surface area contributed by atoms with Gasteiger partial charge in [-0.05, 0) is 17.5 Å². The number of alkyl halides is 3. The minimum absolute atomic E-state index is 0.293. The normalized spacial score (nSPS) is 11.5. The van der Waals surface area contributed by atoms with Crippen LogP contribution >= 0.6 is 11.3 Å². The predicted octanol–water partition coefficient (Wildman–Crippen LogP) is 3.02. The monoisotopic (exact) mass is 398 g/mol. The molecular weight excluding hydrogens is 389 g/mol. The fourth-order valence-electron chi connectivity index (χ4n) is 2.34. The molecule has 12 heteroatoms. The van der Waals surface area contributed by atoms with E-state index in [0.29, 0.717) is 16.3 Å². The maximum Gasteiger partial charge on any atom is 0.418 e. The molecule has 0 saturated heterocycles. The van der Waals surface area contributed by atoms with Gasteiger partial charge in [0.05, 0.1) is 27.9 Å². The van der Waals surface area contributed by atoms with Gasteiger partial charge in [0.1, 0.15) is 11.4 Å². The molecule has 2 aromatic heterocycles. The van der Waals surface area contributed by atoms with Crippen LogP contribution in [0.1, 0.15) is 5.56 Å². The Morgan fingerprint density at radius 1 is 1.33 bits per heavy atom. The molecule has 2 heterocycles. The Kier molecular flexibility index (Phi) is 4.66. The van der Waals surface area contributed by atoms with E-state index < -0.39 is 46.0 Å². The highest BCUT2D eigenvalue weighted by molar-refractivity contribution is 7.16. The predicted molar refractivity (Wildman–Crippen MR) is 90.6 cm³/mol. The summed E-state index contributed by atoms with van der Waals surface area (Å²) in [5.74, 6) is -0.909. The van der Waals surface area contributed by atoms with Gasteiger partial charge < -0.3 is 5.32 Å². The third-order valence-electron chi connectivity index (χ3n) is 3.56. The van der Waals surface area contributed by atoms with Crippen molar-refractivity contribution < 1.29 is 22.9 Å². The summed E-state index contributed by atoms with van der Waals surface area (Å²) in [6.07, 6.45) is -3.79. The Bertz CT molecular complexity index is 1110. The first-order chi connectivity index (χ1) is 12.7. The summed E-state index contributed by atoms with van der Waals surface area (Å²) in [5, 5.41) is 14.7. The summed E-state index contributed by atoms with van der Waals surface area (Å²) < 4.78 is 40.4. The lowest BCUT2D eigenvalue weighted by molar-refractivity contribution is -0.385. The zero-order valence-corrected chi connectivity index (χ0v) is 14.0. The number of carbonyl (C=O) groups excluding carboxylic acids is 1. The number of carbonyl (C=O) groups is 1. The Morgan fingerprint density at radius 2 is 2.07 bits per heavy atom. The third-order valence-corrected chi connectivity index (χ3v) is 4.38. The van der Waals surface area contributed by atoms with E-state index in [1.165, 1.54) is 17.4 Å². The van der Waals surface area contributed by atoms with Crippen molar-refractivity contribution in [1.82, 2.24) is 9.55 Å². The van der Waals surface area contributed by atoms with E-state index in [9.17, 15) is 32.9 Å². The molecule has 8 nitrogen and oxygen atoms in total. The lowest BCUT2D eigenvalue weighted by atomic mass is 10.1. The van der Waals surface area contributed by atoms with Crippen LogP contribution in [-0.4, -0.2) is 20.4 Å². The second-order valence-corrected chi connectivity index (χ2v) is 6.24. The summed E-state index contributed by atoms with van der Waals surface area (Å²) in [6, 6.07) is 3.50. The molecule has 0 atom stereocenters. The van der Waals surface area contributed by atoms with Crippen molar-refractivity contribution in [2.75, 3.05) is 5.32 Å². The number of rotatable bonds is 4. The van der Waals surface area contributed by atoms with E-state index in [4.69, 9.17) is 0 Å². The van der Waals surface area contributed by atoms with Gasteiger partial charge in [0.2, 0.25) is 5.91 Å². The molecule has 3 rings (SSSR count). The summed E-state index contributed by atoms with van der Waals surface area (Å²) in [4.78, 5) is 38.5. The number of aromatic nitrogens is 2. The smallest absolute Gasteiger partial charge is 0.324 e. The number of halogens is 3. The zero-order chi connectivity index (χ0) is 19.8. The zero-order valence-electron chi connectivity index (χ0n) is 13.2. The number of nitrogens with one attached hydrogen (secondary N) is 1. The summed E-state index contributed by atoms with van der Waals surface area (Å²) in [6.45, 7) is -0.564. The van der Waals surface area contributed by atoms with E-state index in [1.54, 1.807) is 5.38 Å². The van der Waals surface area contributed by atoms with Crippen LogP contribution in [0, 0.1) is 10.1 Å². The minimum atomic E-state index is -4.91. The fraction of sp³-hybridized carbons (Fsp3) is 0.133. The number of hydrogen-bond donors (Lipinski definition) is 1. The highest BCUT2D eigenvalue weighted by Crippen LogP contribution is 2.37. The van der Waals surface area contributed by atoms with E-state index in [-0.39, 0.29) is 0 Å². The Morgan fingerprint density at radius 3 is 2.74 bits per heavy atom. The van der Waals surface area contributed by atoms with Gasteiger partial charge in [0, 0.05) is 12.1 Å². The van der Waals surface area contributed by atoms with Crippen molar-refractivity contribution in [2.45, 2.75) is 12.7 Å². The van der Waals surface area contributed by atoms with Crippen LogP contribution in [0.2, 0.25) is 0 Å². The van der Waals surface area contributed by atoms with Crippen LogP contribution in [0.25, 0.3) is 10.2 Å². The van der Waals surface area contributed by atoms with Gasteiger partial charge in [-0.25, -0.2) is 4.98 Å². The molecule has 1 N–H and O–H groups in total. The van der Waals surface area contributed by atoms with Gasteiger partial charge in [-0.15, -0.1) is 11.3 Å². The van der Waals surface area contributed by atoms with Gasteiger partial charge >= 0.3 is 6.18 Å². The molecule has 1 aromatic carbocycles. The van der Waals surface area contributed by atoms with Gasteiger partial charge in [-0.2, -0.15) is 13.2 Å². The van der Waals surface area contributed by atoms with Gasteiger partial charge in [-0.1, -0.05) is 0 Å². The van der Waals surface area contributed by atoms with Crippen molar-refractivity contribution in [3.05, 3.63) is 62.0 Å². The Balaban J connectivity index is 1.88. The van der Waals surface area contributed by atoms with Crippen LogP contribution < -0.4 is 10.9 Å². The second kappa shape index (κ2) is 6.79. The molecule has 0 saturated carbocycles. The molecule has 1 amide bonds. The van der Waals surface area contributed by atoms with E-state index in [1.807, 2.05) is 5.32 Å². The topological polar surface area (TPSA) is 107 Å². The highest BCUT2D eigenvalue weighted by atomic mass is 32.1. The largest absolute Gasteiger partial charge is 0.418 e. The number of anilines is 1. The molecule has 0 unspecified atom stereocenters. The number of benzene rings is 1. The first-order valence-corrected chi connectivity index (χ1v) is 8.13. The maximum absolute atomic E-state index is 13.1. The van der Waals surface area contributed by atoms with Crippen molar-refractivity contribution >= 4 is 38.8 Å². The molecule has 27 heavy (non-hydrogen) atoms. The quantitative estimate of drug-likeness (QED) is 0.537. The van der Waals surface area contributed by atoms with Gasteiger partial charge in [0.25, 0.3) is 11.2 Å². The standard InChI is InChI=1S/C15H9F3N4O4S/c16-15(17,18)10-5-8(22(25)26)1-2-11(10)20-12(23)6-21-7-19-13-9(14(21)24)3-4-27-13/h1-5,7H,6H2,(H,20,23). The van der Waals surface area contributed by atoms with Crippen molar-refractivity contribution in [1.29, 1.82) is 0 Å². The van der Waals surface area contributed by atoms with Crippen LogP contribution in [0.3, 0.4) is 0 Å². The second-order valence-electron chi connectivity index (χ2n) is 5.35. The van der Waals surface area contributed by atoms with Crippen LogP contribution in [0.4, 0.5) is 24.5 Å². The number of fused-ring (bicyclic) bond motifs is 1. The molecular formula is C15H9F3N4O4S. The summed E-state index contributed by atoms with van der Waals surface area (Å²) in [7, 11) is 0. The number of non-ortho nitro benzene ring substituents is 1. The number of thiophene rings is 1. The molecule has 3 aromatic rings. The fourth-order valence-corrected chi connectivity index (χ4v) is 3.06. The van der Waals surface area contributed by atoms with Crippen LogP contribution in [0.15, 0.2) is 40.8 Å². The number of amides is 1. The van der Waals surface area contributed by atoms with Crippen LogP contribution in [-0.2, 0) is 17.5 Å². The van der Waals surface area contributed by atoms with E-state index in [2.05, 4.69) is 4.98 Å². The first-order valence-electron chi connectivity index (χ1n) is 7.25. The van der Waals surface area contributed by atoms with Crippen molar-refractivity contribution in [3.63, 3.8) is 0 Å². The SMILES string of the molecule is O=C(Cn1cnc2sccc2c1=O)Nc1ccc([N+](=O)[O-])cc1C(F)(F)F. The van der Waals surface area contributed by atoms with E-state index >= 15 is 0 Å². The summed E-state index contributed by atoms with van der Waals surface area (Å²) >= 11 is 1.23.